The van der Waals surface area contributed by atoms with Crippen molar-refractivity contribution in [3.8, 4) is 16.9 Å². The predicted molar refractivity (Wildman–Crippen MR) is 78.7 cm³/mol. The minimum absolute atomic E-state index is 0.0148. The maximum atomic E-state index is 12.0. The smallest absolute Gasteiger partial charge is 0.248 e. The topological polar surface area (TPSA) is 59.2 Å². The van der Waals surface area contributed by atoms with Crippen LogP contribution in [0, 0.1) is 0 Å². The van der Waals surface area contributed by atoms with Crippen LogP contribution >= 0.6 is 11.6 Å². The lowest BCUT2D eigenvalue weighted by molar-refractivity contribution is 0.0989. The van der Waals surface area contributed by atoms with Gasteiger partial charge < -0.3 is 9.72 Å². The molecule has 2 aromatic rings. The SMILES string of the molecule is CCC(=O)c1ccc(Cl)cc1-c1cc(=O)[nH]cc1OC. The number of benzene rings is 1. The fourth-order valence-corrected chi connectivity index (χ4v) is 2.18. The Bertz CT molecular complexity index is 707. The molecule has 20 heavy (non-hydrogen) atoms. The van der Waals surface area contributed by atoms with E-state index in [4.69, 9.17) is 16.3 Å². The zero-order chi connectivity index (χ0) is 14.7. The Morgan fingerprint density at radius 1 is 1.30 bits per heavy atom. The van der Waals surface area contributed by atoms with Gasteiger partial charge in [0.05, 0.1) is 7.11 Å². The lowest BCUT2D eigenvalue weighted by atomic mass is 9.96. The number of hydrogen-bond donors (Lipinski definition) is 1. The van der Waals surface area contributed by atoms with E-state index in [0.717, 1.165) is 0 Å². The Labute approximate surface area is 121 Å². The standard InChI is InChI=1S/C15H14ClNO3/c1-3-13(18)10-5-4-9(16)6-11(10)12-7-15(19)17-8-14(12)20-2/h4-8H,3H2,1-2H3,(H,17,19). The first-order valence-corrected chi connectivity index (χ1v) is 6.54. The largest absolute Gasteiger partial charge is 0.495 e. The summed E-state index contributed by atoms with van der Waals surface area (Å²) >= 11 is 6.01. The monoisotopic (exact) mass is 291 g/mol. The molecule has 1 aromatic heterocycles. The van der Waals surface area contributed by atoms with Crippen LogP contribution in [0.1, 0.15) is 23.7 Å². The van der Waals surface area contributed by atoms with E-state index < -0.39 is 0 Å². The van der Waals surface area contributed by atoms with Crippen molar-refractivity contribution in [1.29, 1.82) is 0 Å². The number of rotatable bonds is 4. The number of Topliss-reactive ketones (excluding diaryl/α,β-unsaturated/α-hetero) is 1. The van der Waals surface area contributed by atoms with Crippen LogP contribution in [0.4, 0.5) is 0 Å². The Morgan fingerprint density at radius 3 is 2.70 bits per heavy atom. The molecule has 0 fully saturated rings. The third-order valence-corrected chi connectivity index (χ3v) is 3.23. The Balaban J connectivity index is 2.74. The summed E-state index contributed by atoms with van der Waals surface area (Å²) in [6.45, 7) is 1.79. The van der Waals surface area contributed by atoms with Gasteiger partial charge in [0.15, 0.2) is 5.78 Å². The van der Waals surface area contributed by atoms with Gasteiger partial charge in [0, 0.05) is 34.8 Å². The van der Waals surface area contributed by atoms with E-state index >= 15 is 0 Å². The maximum Gasteiger partial charge on any atom is 0.248 e. The molecule has 0 saturated heterocycles. The summed E-state index contributed by atoms with van der Waals surface area (Å²) in [6, 6.07) is 6.40. The highest BCUT2D eigenvalue weighted by molar-refractivity contribution is 6.31. The van der Waals surface area contributed by atoms with Crippen LogP contribution in [0.5, 0.6) is 5.75 Å². The molecule has 0 unspecified atom stereocenters. The second-order valence-corrected chi connectivity index (χ2v) is 4.68. The fourth-order valence-electron chi connectivity index (χ4n) is 2.01. The summed E-state index contributed by atoms with van der Waals surface area (Å²) in [6.07, 6.45) is 1.85. The van der Waals surface area contributed by atoms with Crippen LogP contribution in [0.2, 0.25) is 5.02 Å². The second-order valence-electron chi connectivity index (χ2n) is 4.25. The summed E-state index contributed by atoms with van der Waals surface area (Å²) < 4.78 is 5.24. The van der Waals surface area contributed by atoms with E-state index in [0.29, 0.717) is 33.9 Å². The van der Waals surface area contributed by atoms with E-state index in [-0.39, 0.29) is 11.3 Å². The summed E-state index contributed by atoms with van der Waals surface area (Å²) in [5, 5.41) is 0.495. The van der Waals surface area contributed by atoms with Gasteiger partial charge in [-0.05, 0) is 23.8 Å². The van der Waals surface area contributed by atoms with Crippen molar-refractivity contribution in [3.05, 3.63) is 51.4 Å². The average Bonchev–Trinajstić information content (AvgIpc) is 2.46. The fraction of sp³-hybridized carbons (Fsp3) is 0.200. The molecule has 0 aliphatic rings. The van der Waals surface area contributed by atoms with Crippen LogP contribution in [0.25, 0.3) is 11.1 Å². The van der Waals surface area contributed by atoms with Crippen molar-refractivity contribution in [2.45, 2.75) is 13.3 Å². The number of pyridine rings is 1. The Hall–Kier alpha value is -2.07. The van der Waals surface area contributed by atoms with Gasteiger partial charge in [0.2, 0.25) is 5.56 Å². The zero-order valence-electron chi connectivity index (χ0n) is 11.2. The van der Waals surface area contributed by atoms with Gasteiger partial charge in [-0.1, -0.05) is 18.5 Å². The highest BCUT2D eigenvalue weighted by Gasteiger charge is 2.15. The normalized spacial score (nSPS) is 10.3. The lowest BCUT2D eigenvalue weighted by Gasteiger charge is -2.12. The van der Waals surface area contributed by atoms with Gasteiger partial charge >= 0.3 is 0 Å². The van der Waals surface area contributed by atoms with Crippen LogP contribution < -0.4 is 10.3 Å². The summed E-state index contributed by atoms with van der Waals surface area (Å²) in [5.74, 6) is 0.469. The number of halogens is 1. The number of nitrogens with one attached hydrogen (secondary N) is 1. The Kier molecular flexibility index (Phi) is 4.25. The van der Waals surface area contributed by atoms with Crippen molar-refractivity contribution >= 4 is 17.4 Å². The first kappa shape index (κ1) is 14.3. The molecule has 0 radical (unpaired) electrons. The minimum Gasteiger partial charge on any atom is -0.495 e. The molecule has 0 atom stereocenters. The molecule has 0 aliphatic carbocycles. The van der Waals surface area contributed by atoms with E-state index in [1.165, 1.54) is 19.4 Å². The lowest BCUT2D eigenvalue weighted by Crippen LogP contribution is -2.07. The molecule has 5 heteroatoms. The molecule has 0 amide bonds. The first-order chi connectivity index (χ1) is 9.56. The maximum absolute atomic E-state index is 12.0. The number of carbonyl (C=O) groups excluding carboxylic acids is 1. The second kappa shape index (κ2) is 5.92. The third-order valence-electron chi connectivity index (χ3n) is 3.00. The number of hydrogen-bond acceptors (Lipinski definition) is 3. The molecule has 4 nitrogen and oxygen atoms in total. The number of ketones is 1. The van der Waals surface area contributed by atoms with Crippen LogP contribution in [0.3, 0.4) is 0 Å². The number of H-pyrrole nitrogens is 1. The molecule has 2 rings (SSSR count). The van der Waals surface area contributed by atoms with Crippen LogP contribution in [-0.2, 0) is 0 Å². The predicted octanol–water partition coefficient (Wildman–Crippen LogP) is 3.30. The molecule has 0 aliphatic heterocycles. The van der Waals surface area contributed by atoms with Gasteiger partial charge in [-0.2, -0.15) is 0 Å². The highest BCUT2D eigenvalue weighted by Crippen LogP contribution is 2.33. The molecular formula is C15H14ClNO3. The number of aromatic nitrogens is 1. The van der Waals surface area contributed by atoms with Crippen molar-refractivity contribution in [2.24, 2.45) is 0 Å². The molecular weight excluding hydrogens is 278 g/mol. The number of methoxy groups -OCH3 is 1. The van der Waals surface area contributed by atoms with Crippen molar-refractivity contribution in [2.75, 3.05) is 7.11 Å². The number of carbonyl (C=O) groups is 1. The van der Waals surface area contributed by atoms with E-state index in [1.54, 1.807) is 25.1 Å². The summed E-state index contributed by atoms with van der Waals surface area (Å²) in [4.78, 5) is 26.1. The number of ether oxygens (including phenoxy) is 1. The molecule has 1 aromatic carbocycles. The van der Waals surface area contributed by atoms with Gasteiger partial charge in [0.25, 0.3) is 0 Å². The van der Waals surface area contributed by atoms with E-state index in [1.807, 2.05) is 0 Å². The molecule has 1 heterocycles. The first-order valence-electron chi connectivity index (χ1n) is 6.16. The van der Waals surface area contributed by atoms with E-state index in [9.17, 15) is 9.59 Å². The van der Waals surface area contributed by atoms with Crippen LogP contribution in [-0.4, -0.2) is 17.9 Å². The van der Waals surface area contributed by atoms with Crippen LogP contribution in [0.15, 0.2) is 35.3 Å². The van der Waals surface area contributed by atoms with Gasteiger partial charge in [-0.25, -0.2) is 0 Å². The van der Waals surface area contributed by atoms with E-state index in [2.05, 4.69) is 4.98 Å². The average molecular weight is 292 g/mol. The molecule has 1 N–H and O–H groups in total. The molecule has 0 spiro atoms. The summed E-state index contributed by atoms with van der Waals surface area (Å²) in [7, 11) is 1.50. The third kappa shape index (κ3) is 2.75. The van der Waals surface area contributed by atoms with Crippen molar-refractivity contribution in [1.82, 2.24) is 4.98 Å². The molecule has 0 saturated carbocycles. The van der Waals surface area contributed by atoms with Gasteiger partial charge in [-0.15, -0.1) is 0 Å². The molecule has 104 valence electrons. The van der Waals surface area contributed by atoms with Crippen molar-refractivity contribution < 1.29 is 9.53 Å². The van der Waals surface area contributed by atoms with Crippen molar-refractivity contribution in [3.63, 3.8) is 0 Å². The highest BCUT2D eigenvalue weighted by atomic mass is 35.5. The van der Waals surface area contributed by atoms with Gasteiger partial charge in [-0.3, -0.25) is 9.59 Å². The summed E-state index contributed by atoms with van der Waals surface area (Å²) in [5.41, 5.74) is 1.42. The quantitative estimate of drug-likeness (QED) is 0.879. The number of aromatic amines is 1. The zero-order valence-corrected chi connectivity index (χ0v) is 12.0. The Morgan fingerprint density at radius 2 is 2.05 bits per heavy atom. The minimum atomic E-state index is -0.268. The molecule has 0 bridgehead atoms. The van der Waals surface area contributed by atoms with Gasteiger partial charge in [0.1, 0.15) is 5.75 Å².